The van der Waals surface area contributed by atoms with Crippen LogP contribution in [0.5, 0.6) is 0 Å². The molecule has 8 nitrogen and oxygen atoms in total. The Hall–Kier alpha value is -3.72. The van der Waals surface area contributed by atoms with Crippen molar-refractivity contribution in [2.24, 2.45) is 0 Å². The summed E-state index contributed by atoms with van der Waals surface area (Å²) < 4.78 is 26.2. The van der Waals surface area contributed by atoms with E-state index < -0.39 is 9.84 Å². The normalized spacial score (nSPS) is 14.0. The molecule has 1 amide bonds. The highest BCUT2D eigenvalue weighted by molar-refractivity contribution is 7.91. The van der Waals surface area contributed by atoms with Gasteiger partial charge in [0.2, 0.25) is 9.84 Å². The fourth-order valence-electron chi connectivity index (χ4n) is 4.00. The van der Waals surface area contributed by atoms with Gasteiger partial charge in [0.05, 0.1) is 21.7 Å². The molecule has 5 rings (SSSR count). The van der Waals surface area contributed by atoms with Crippen LogP contribution in [0, 0.1) is 0 Å². The van der Waals surface area contributed by atoms with Gasteiger partial charge in [-0.1, -0.05) is 12.1 Å². The molecular formula is C24H23N5O3S. The maximum atomic E-state index is 13.1. The summed E-state index contributed by atoms with van der Waals surface area (Å²) in [7, 11) is -3.68. The number of H-pyrrole nitrogens is 1. The summed E-state index contributed by atoms with van der Waals surface area (Å²) in [6.45, 7) is 2.11. The van der Waals surface area contributed by atoms with Gasteiger partial charge in [0.1, 0.15) is 5.69 Å². The average molecular weight is 462 g/mol. The first-order valence-corrected chi connectivity index (χ1v) is 12.2. The van der Waals surface area contributed by atoms with Gasteiger partial charge < -0.3 is 15.2 Å². The Kier molecular flexibility index (Phi) is 5.55. The van der Waals surface area contributed by atoms with Gasteiger partial charge in [0.25, 0.3) is 5.91 Å². The number of nitrogens with one attached hydrogen (secondary N) is 2. The van der Waals surface area contributed by atoms with Crippen LogP contribution in [0.25, 0.3) is 10.9 Å². The highest BCUT2D eigenvalue weighted by Gasteiger charge is 2.21. The van der Waals surface area contributed by atoms with E-state index in [1.165, 1.54) is 6.20 Å². The minimum Gasteiger partial charge on any atom is -0.370 e. The van der Waals surface area contributed by atoms with E-state index in [1.807, 2.05) is 6.07 Å². The standard InChI is InChI=1S/C24H23N5O3S/c30-24(23-11-18-14-25-8-7-22(18)28-23)27-13-17-3-5-20(6-4-17)33(31,32)21-12-19(15-26-16-21)29-9-1-2-10-29/h3-8,11-12,14-16,28H,1-2,9-10,13H2,(H,27,30). The van der Waals surface area contributed by atoms with Crippen molar-refractivity contribution in [3.05, 3.63) is 78.5 Å². The number of carbonyl (C=O) groups is 1. The molecule has 1 aliphatic heterocycles. The summed E-state index contributed by atoms with van der Waals surface area (Å²) in [5.74, 6) is -0.243. The van der Waals surface area contributed by atoms with Crippen LogP contribution in [-0.2, 0) is 16.4 Å². The highest BCUT2D eigenvalue weighted by Crippen LogP contribution is 2.26. The van der Waals surface area contributed by atoms with E-state index in [-0.39, 0.29) is 22.2 Å². The molecule has 0 unspecified atom stereocenters. The third kappa shape index (κ3) is 4.31. The molecule has 0 atom stereocenters. The van der Waals surface area contributed by atoms with Crippen molar-refractivity contribution in [1.29, 1.82) is 0 Å². The Morgan fingerprint density at radius 2 is 1.76 bits per heavy atom. The van der Waals surface area contributed by atoms with Crippen molar-refractivity contribution < 1.29 is 13.2 Å². The number of pyridine rings is 2. The minimum atomic E-state index is -3.68. The van der Waals surface area contributed by atoms with Crippen molar-refractivity contribution in [3.63, 3.8) is 0 Å². The molecule has 0 aliphatic carbocycles. The van der Waals surface area contributed by atoms with Crippen LogP contribution < -0.4 is 10.2 Å². The highest BCUT2D eigenvalue weighted by atomic mass is 32.2. The summed E-state index contributed by atoms with van der Waals surface area (Å²) in [6.07, 6.45) is 8.66. The molecule has 9 heteroatoms. The fraction of sp³-hybridized carbons (Fsp3) is 0.208. The summed E-state index contributed by atoms with van der Waals surface area (Å²) in [4.78, 5) is 26.3. The number of nitrogens with zero attached hydrogens (tertiary/aromatic N) is 3. The first-order chi connectivity index (χ1) is 16.0. The molecule has 168 valence electrons. The zero-order chi connectivity index (χ0) is 22.8. The largest absolute Gasteiger partial charge is 0.370 e. The molecule has 1 aliphatic rings. The van der Waals surface area contributed by atoms with Crippen molar-refractivity contribution in [3.8, 4) is 0 Å². The topological polar surface area (TPSA) is 108 Å². The molecule has 0 spiro atoms. The summed E-state index contributed by atoms with van der Waals surface area (Å²) in [6, 6.07) is 11.8. The molecule has 33 heavy (non-hydrogen) atoms. The second-order valence-electron chi connectivity index (χ2n) is 8.05. The Morgan fingerprint density at radius 3 is 2.52 bits per heavy atom. The number of carbonyl (C=O) groups excluding carboxylic acids is 1. The number of aromatic amines is 1. The molecule has 3 aromatic heterocycles. The van der Waals surface area contributed by atoms with E-state index in [2.05, 4.69) is 25.2 Å². The Labute approximate surface area is 191 Å². The van der Waals surface area contributed by atoms with Crippen LogP contribution in [0.3, 0.4) is 0 Å². The number of amides is 1. The molecule has 1 saturated heterocycles. The van der Waals surface area contributed by atoms with Crippen LogP contribution in [0.15, 0.2) is 77.0 Å². The third-order valence-corrected chi connectivity index (χ3v) is 7.57. The minimum absolute atomic E-state index is 0.182. The van der Waals surface area contributed by atoms with Crippen LogP contribution >= 0.6 is 0 Å². The number of hydrogen-bond acceptors (Lipinski definition) is 6. The summed E-state index contributed by atoms with van der Waals surface area (Å²) in [5.41, 5.74) is 2.92. The van der Waals surface area contributed by atoms with Crippen LogP contribution in [0.4, 0.5) is 5.69 Å². The predicted molar refractivity (Wildman–Crippen MR) is 125 cm³/mol. The smallest absolute Gasteiger partial charge is 0.267 e. The predicted octanol–water partition coefficient (Wildman–Crippen LogP) is 3.32. The Morgan fingerprint density at radius 1 is 0.970 bits per heavy atom. The number of aromatic nitrogens is 3. The summed E-state index contributed by atoms with van der Waals surface area (Å²) >= 11 is 0. The number of rotatable bonds is 6. The van der Waals surface area contributed by atoms with Gasteiger partial charge >= 0.3 is 0 Å². The van der Waals surface area contributed by atoms with Gasteiger partial charge in [-0.15, -0.1) is 0 Å². The molecule has 0 bridgehead atoms. The number of sulfone groups is 1. The van der Waals surface area contributed by atoms with Gasteiger partial charge in [0.15, 0.2) is 0 Å². The quantitative estimate of drug-likeness (QED) is 0.456. The van der Waals surface area contributed by atoms with E-state index in [0.29, 0.717) is 5.69 Å². The average Bonchev–Trinajstić information content (AvgIpc) is 3.53. The van der Waals surface area contributed by atoms with E-state index in [0.717, 1.165) is 48.1 Å². The molecular weight excluding hydrogens is 438 g/mol. The van der Waals surface area contributed by atoms with Gasteiger partial charge in [-0.25, -0.2) is 8.42 Å². The lowest BCUT2D eigenvalue weighted by Gasteiger charge is -2.17. The molecule has 1 aromatic carbocycles. The fourth-order valence-corrected chi connectivity index (χ4v) is 5.24. The van der Waals surface area contributed by atoms with Gasteiger partial charge in [-0.3, -0.25) is 14.8 Å². The van der Waals surface area contributed by atoms with Crippen molar-refractivity contribution in [1.82, 2.24) is 20.3 Å². The maximum Gasteiger partial charge on any atom is 0.267 e. The second kappa shape index (κ2) is 8.67. The first kappa shape index (κ1) is 21.1. The van der Waals surface area contributed by atoms with Crippen molar-refractivity contribution in [2.75, 3.05) is 18.0 Å². The molecule has 4 heterocycles. The van der Waals surface area contributed by atoms with E-state index in [1.54, 1.807) is 55.0 Å². The molecule has 0 radical (unpaired) electrons. The van der Waals surface area contributed by atoms with Crippen molar-refractivity contribution >= 4 is 32.3 Å². The van der Waals surface area contributed by atoms with Gasteiger partial charge in [0, 0.05) is 49.1 Å². The van der Waals surface area contributed by atoms with Gasteiger partial charge in [-0.05, 0) is 48.7 Å². The van der Waals surface area contributed by atoms with E-state index in [9.17, 15) is 13.2 Å². The lowest BCUT2D eigenvalue weighted by Crippen LogP contribution is -2.23. The second-order valence-corrected chi connectivity index (χ2v) is 10.00. The summed E-state index contributed by atoms with van der Waals surface area (Å²) in [5, 5.41) is 3.71. The number of benzene rings is 1. The monoisotopic (exact) mass is 461 g/mol. The zero-order valence-electron chi connectivity index (χ0n) is 17.9. The lowest BCUT2D eigenvalue weighted by atomic mass is 10.2. The Bertz CT molecular complexity index is 1370. The number of fused-ring (bicyclic) bond motifs is 1. The molecule has 2 N–H and O–H groups in total. The van der Waals surface area contributed by atoms with Crippen molar-refractivity contribution in [2.45, 2.75) is 29.2 Å². The lowest BCUT2D eigenvalue weighted by molar-refractivity contribution is 0.0946. The number of anilines is 1. The number of hydrogen-bond donors (Lipinski definition) is 2. The molecule has 4 aromatic rings. The zero-order valence-corrected chi connectivity index (χ0v) is 18.7. The van der Waals surface area contributed by atoms with E-state index >= 15 is 0 Å². The molecule has 0 saturated carbocycles. The van der Waals surface area contributed by atoms with Crippen LogP contribution in [0.1, 0.15) is 28.9 Å². The molecule has 1 fully saturated rings. The first-order valence-electron chi connectivity index (χ1n) is 10.8. The Balaban J connectivity index is 1.28. The van der Waals surface area contributed by atoms with Crippen LogP contribution in [-0.4, -0.2) is 42.4 Å². The van der Waals surface area contributed by atoms with E-state index in [4.69, 9.17) is 0 Å². The van der Waals surface area contributed by atoms with Gasteiger partial charge in [-0.2, -0.15) is 0 Å². The van der Waals surface area contributed by atoms with Crippen LogP contribution in [0.2, 0.25) is 0 Å². The third-order valence-electron chi connectivity index (χ3n) is 5.83. The maximum absolute atomic E-state index is 13.1. The SMILES string of the molecule is O=C(NCc1ccc(S(=O)(=O)c2cncc(N3CCCC3)c2)cc1)c1cc2cnccc2[nH]1.